The molecule has 0 saturated heterocycles. The molecule has 2 aromatic carbocycles. The lowest BCUT2D eigenvalue weighted by atomic mass is 10.1. The summed E-state index contributed by atoms with van der Waals surface area (Å²) in [6, 6.07) is 21.2. The number of carbonyl (C=O) groups excluding carboxylic acids is 1. The molecule has 0 fully saturated rings. The number of H-pyrrole nitrogens is 2. The van der Waals surface area contributed by atoms with Crippen LogP contribution in [0.4, 0.5) is 0 Å². The van der Waals surface area contributed by atoms with Crippen molar-refractivity contribution >= 4 is 28.5 Å². The molecule has 5 aromatic rings. The average molecular weight is 442 g/mol. The van der Waals surface area contributed by atoms with E-state index in [1.165, 1.54) is 0 Å². The second-order valence-corrected chi connectivity index (χ2v) is 8.04. The molecule has 1 atom stereocenters. The summed E-state index contributed by atoms with van der Waals surface area (Å²) in [6.45, 7) is 1.93. The van der Waals surface area contributed by atoms with Crippen LogP contribution in [-0.2, 0) is 0 Å². The third kappa shape index (κ3) is 3.88. The van der Waals surface area contributed by atoms with Gasteiger partial charge < -0.3 is 10.3 Å². The van der Waals surface area contributed by atoms with Crippen LogP contribution in [0.3, 0.4) is 0 Å². The van der Waals surface area contributed by atoms with Gasteiger partial charge in [-0.1, -0.05) is 54.1 Å². The maximum absolute atomic E-state index is 12.8. The number of rotatable bonds is 5. The Hall–Kier alpha value is -3.90. The van der Waals surface area contributed by atoms with E-state index in [9.17, 15) is 4.79 Å². The summed E-state index contributed by atoms with van der Waals surface area (Å²) in [4.78, 5) is 20.3. The van der Waals surface area contributed by atoms with E-state index in [2.05, 4.69) is 31.5 Å². The fraction of sp³-hybridized carbons (Fsp3) is 0.0800. The second-order valence-electron chi connectivity index (χ2n) is 7.61. The zero-order valence-corrected chi connectivity index (χ0v) is 18.0. The van der Waals surface area contributed by atoms with E-state index < -0.39 is 0 Å². The summed E-state index contributed by atoms with van der Waals surface area (Å²) in [6.07, 6.45) is 3.61. The number of nitrogens with zero attached hydrogens (tertiary/aromatic N) is 2. The highest BCUT2D eigenvalue weighted by Crippen LogP contribution is 2.29. The van der Waals surface area contributed by atoms with Gasteiger partial charge in [0.2, 0.25) is 0 Å². The number of aromatic nitrogens is 4. The number of carbonyl (C=O) groups is 1. The molecule has 7 heteroatoms. The Morgan fingerprint density at radius 1 is 1.00 bits per heavy atom. The number of nitrogens with one attached hydrogen (secondary N) is 3. The van der Waals surface area contributed by atoms with Gasteiger partial charge in [0.25, 0.3) is 5.91 Å². The first-order valence-corrected chi connectivity index (χ1v) is 10.6. The van der Waals surface area contributed by atoms with Gasteiger partial charge in [0, 0.05) is 33.9 Å². The van der Waals surface area contributed by atoms with E-state index in [1.54, 1.807) is 6.20 Å². The largest absolute Gasteiger partial charge is 0.357 e. The monoisotopic (exact) mass is 441 g/mol. The van der Waals surface area contributed by atoms with Gasteiger partial charge in [-0.25, -0.2) is 4.98 Å². The fourth-order valence-electron chi connectivity index (χ4n) is 3.69. The lowest BCUT2D eigenvalue weighted by Crippen LogP contribution is -2.26. The van der Waals surface area contributed by atoms with Gasteiger partial charge >= 0.3 is 0 Å². The zero-order chi connectivity index (χ0) is 22.1. The van der Waals surface area contributed by atoms with E-state index in [0.29, 0.717) is 16.4 Å². The smallest absolute Gasteiger partial charge is 0.268 e. The van der Waals surface area contributed by atoms with Crippen molar-refractivity contribution in [3.63, 3.8) is 0 Å². The molecule has 5 rings (SSSR count). The van der Waals surface area contributed by atoms with Crippen LogP contribution in [0.1, 0.15) is 29.0 Å². The number of aromatic amines is 2. The highest BCUT2D eigenvalue weighted by atomic mass is 35.5. The number of benzene rings is 2. The highest BCUT2D eigenvalue weighted by Gasteiger charge is 2.16. The Morgan fingerprint density at radius 2 is 1.78 bits per heavy atom. The van der Waals surface area contributed by atoms with E-state index in [1.807, 2.05) is 73.8 Å². The van der Waals surface area contributed by atoms with Crippen molar-refractivity contribution in [2.45, 2.75) is 13.0 Å². The van der Waals surface area contributed by atoms with Crippen molar-refractivity contribution in [2.75, 3.05) is 0 Å². The van der Waals surface area contributed by atoms with Crippen LogP contribution in [0.25, 0.3) is 33.4 Å². The Bertz CT molecular complexity index is 1390. The highest BCUT2D eigenvalue weighted by molar-refractivity contribution is 6.30. The molecule has 0 aliphatic carbocycles. The van der Waals surface area contributed by atoms with Gasteiger partial charge in [0.15, 0.2) is 5.65 Å². The lowest BCUT2D eigenvalue weighted by molar-refractivity contribution is 0.0935. The molecule has 0 saturated carbocycles. The van der Waals surface area contributed by atoms with Crippen molar-refractivity contribution in [3.8, 4) is 22.4 Å². The van der Waals surface area contributed by atoms with Crippen molar-refractivity contribution in [3.05, 3.63) is 95.4 Å². The molecule has 6 nitrogen and oxygen atoms in total. The number of halogens is 1. The van der Waals surface area contributed by atoms with Crippen molar-refractivity contribution in [2.24, 2.45) is 0 Å². The van der Waals surface area contributed by atoms with Gasteiger partial charge in [0.1, 0.15) is 5.69 Å². The SMILES string of the molecule is C[C@@H](NC(=O)c1cc(-c2[nH]nc3ncc(-c4ccccc4)cc23)c[nH]1)c1ccc(Cl)cc1. The number of fused-ring (bicyclic) bond motifs is 1. The lowest BCUT2D eigenvalue weighted by Gasteiger charge is -2.13. The van der Waals surface area contributed by atoms with E-state index in [4.69, 9.17) is 11.6 Å². The van der Waals surface area contributed by atoms with Crippen LogP contribution in [0, 0.1) is 0 Å². The predicted molar refractivity (Wildman–Crippen MR) is 126 cm³/mol. The van der Waals surface area contributed by atoms with Gasteiger partial charge in [-0.2, -0.15) is 5.10 Å². The topological polar surface area (TPSA) is 86.5 Å². The van der Waals surface area contributed by atoms with Crippen molar-refractivity contribution < 1.29 is 4.79 Å². The minimum absolute atomic E-state index is 0.155. The Balaban J connectivity index is 1.40. The summed E-state index contributed by atoms with van der Waals surface area (Å²) in [7, 11) is 0. The number of hydrogen-bond donors (Lipinski definition) is 3. The van der Waals surface area contributed by atoms with Crippen LogP contribution in [-0.4, -0.2) is 26.1 Å². The molecule has 0 radical (unpaired) electrons. The van der Waals surface area contributed by atoms with E-state index in [-0.39, 0.29) is 11.9 Å². The number of hydrogen-bond acceptors (Lipinski definition) is 3. The quantitative estimate of drug-likeness (QED) is 0.324. The normalized spacial score (nSPS) is 12.1. The first-order valence-electron chi connectivity index (χ1n) is 10.2. The average Bonchev–Trinajstić information content (AvgIpc) is 3.47. The number of pyridine rings is 1. The standard InChI is InChI=1S/C25H20ClN5O/c1-15(16-7-9-20(26)10-8-16)29-25(32)22-12-19(14-27-22)23-21-11-18(13-28-24(21)31-30-23)17-5-3-2-4-6-17/h2-15,27H,1H3,(H,29,32)(H,28,30,31)/t15-/m1/s1. The molecule has 3 heterocycles. The molecule has 32 heavy (non-hydrogen) atoms. The maximum atomic E-state index is 12.8. The Morgan fingerprint density at radius 3 is 2.56 bits per heavy atom. The maximum Gasteiger partial charge on any atom is 0.268 e. The summed E-state index contributed by atoms with van der Waals surface area (Å²) < 4.78 is 0. The first kappa shape index (κ1) is 20.0. The van der Waals surface area contributed by atoms with Gasteiger partial charge in [-0.3, -0.25) is 9.89 Å². The molecule has 0 spiro atoms. The molecule has 0 aliphatic heterocycles. The Labute approximate surface area is 189 Å². The summed E-state index contributed by atoms with van der Waals surface area (Å²) in [5.41, 5.74) is 5.81. The summed E-state index contributed by atoms with van der Waals surface area (Å²) in [5, 5.41) is 11.9. The van der Waals surface area contributed by atoms with E-state index in [0.717, 1.165) is 33.3 Å². The minimum Gasteiger partial charge on any atom is -0.357 e. The van der Waals surface area contributed by atoms with Crippen LogP contribution in [0.15, 0.2) is 79.1 Å². The molecular weight excluding hydrogens is 422 g/mol. The molecule has 0 unspecified atom stereocenters. The second kappa shape index (κ2) is 8.32. The minimum atomic E-state index is -0.189. The third-order valence-electron chi connectivity index (χ3n) is 5.45. The van der Waals surface area contributed by atoms with Crippen LogP contribution < -0.4 is 5.32 Å². The van der Waals surface area contributed by atoms with Crippen LogP contribution in [0.5, 0.6) is 0 Å². The van der Waals surface area contributed by atoms with Crippen molar-refractivity contribution in [1.29, 1.82) is 0 Å². The molecule has 1 amide bonds. The molecule has 0 aliphatic rings. The molecule has 0 bridgehead atoms. The van der Waals surface area contributed by atoms with Gasteiger partial charge in [-0.15, -0.1) is 0 Å². The predicted octanol–water partition coefficient (Wildman–Crippen LogP) is 5.76. The summed E-state index contributed by atoms with van der Waals surface area (Å²) >= 11 is 5.95. The molecule has 3 N–H and O–H groups in total. The van der Waals surface area contributed by atoms with Crippen LogP contribution >= 0.6 is 11.6 Å². The third-order valence-corrected chi connectivity index (χ3v) is 5.70. The number of amides is 1. The fourth-order valence-corrected chi connectivity index (χ4v) is 3.81. The Kier molecular flexibility index (Phi) is 5.21. The molecule has 3 aromatic heterocycles. The zero-order valence-electron chi connectivity index (χ0n) is 17.3. The first-order chi connectivity index (χ1) is 15.6. The van der Waals surface area contributed by atoms with Gasteiger partial charge in [-0.05, 0) is 42.3 Å². The van der Waals surface area contributed by atoms with Crippen LogP contribution in [0.2, 0.25) is 5.02 Å². The summed E-state index contributed by atoms with van der Waals surface area (Å²) in [5.74, 6) is -0.189. The molecular formula is C25H20ClN5O. The molecule has 158 valence electrons. The van der Waals surface area contributed by atoms with Gasteiger partial charge in [0.05, 0.1) is 11.7 Å². The van der Waals surface area contributed by atoms with E-state index >= 15 is 0 Å². The van der Waals surface area contributed by atoms with Crippen molar-refractivity contribution in [1.82, 2.24) is 25.5 Å².